The Kier molecular flexibility index (Phi) is 8.70. The Morgan fingerprint density at radius 1 is 1.00 bits per heavy atom. The van der Waals surface area contributed by atoms with Crippen LogP contribution in [-0.4, -0.2) is 28.9 Å². The summed E-state index contributed by atoms with van der Waals surface area (Å²) in [7, 11) is 0. The number of hydrogen-bond donors (Lipinski definition) is 2. The molecule has 1 atom stereocenters. The zero-order chi connectivity index (χ0) is 23.7. The van der Waals surface area contributed by atoms with Crippen LogP contribution in [0.5, 0.6) is 5.75 Å². The lowest BCUT2D eigenvalue weighted by Crippen LogP contribution is -2.41. The topological polar surface area (TPSA) is 137 Å². The minimum atomic E-state index is -0.956. The van der Waals surface area contributed by atoms with Gasteiger partial charge in [0, 0.05) is 24.2 Å². The van der Waals surface area contributed by atoms with Gasteiger partial charge in [0.05, 0.1) is 4.92 Å². The van der Waals surface area contributed by atoms with Crippen LogP contribution >= 0.6 is 0 Å². The van der Waals surface area contributed by atoms with E-state index in [9.17, 15) is 24.5 Å². The summed E-state index contributed by atoms with van der Waals surface area (Å²) in [6.07, 6.45) is -0.610. The summed E-state index contributed by atoms with van der Waals surface area (Å²) in [4.78, 5) is 45.8. The fourth-order valence-corrected chi connectivity index (χ4v) is 2.58. The van der Waals surface area contributed by atoms with Crippen molar-refractivity contribution < 1.29 is 28.8 Å². The summed E-state index contributed by atoms with van der Waals surface area (Å²) >= 11 is 0. The molecule has 0 aliphatic rings. The van der Waals surface area contributed by atoms with E-state index in [-0.39, 0.29) is 35.8 Å². The van der Waals surface area contributed by atoms with Crippen LogP contribution < -0.4 is 15.4 Å². The zero-order valence-corrected chi connectivity index (χ0v) is 18.0. The molecule has 0 saturated carbocycles. The van der Waals surface area contributed by atoms with Crippen molar-refractivity contribution in [3.63, 3.8) is 0 Å². The molecule has 1 unspecified atom stereocenters. The van der Waals surface area contributed by atoms with Crippen molar-refractivity contribution in [1.29, 1.82) is 0 Å². The van der Waals surface area contributed by atoms with Gasteiger partial charge in [-0.1, -0.05) is 26.0 Å². The predicted octanol–water partition coefficient (Wildman–Crippen LogP) is 3.80. The number of rotatable bonds is 9. The van der Waals surface area contributed by atoms with Crippen LogP contribution in [0.25, 0.3) is 0 Å². The molecule has 2 amide bonds. The van der Waals surface area contributed by atoms with E-state index in [2.05, 4.69) is 10.6 Å². The largest absolute Gasteiger partial charge is 0.514 e. The van der Waals surface area contributed by atoms with Crippen molar-refractivity contribution in [3.8, 4) is 5.75 Å². The molecule has 0 aliphatic carbocycles. The SMILES string of the molecule is CC(C)CC(=O)NC(C)C(=O)Nc1ccc(COC(=O)Oc2ccc([N+](=O)[O-])cc2)cc1. The lowest BCUT2D eigenvalue weighted by Gasteiger charge is -2.15. The Morgan fingerprint density at radius 3 is 2.19 bits per heavy atom. The second-order valence-electron chi connectivity index (χ2n) is 7.47. The molecule has 0 saturated heterocycles. The number of anilines is 1. The van der Waals surface area contributed by atoms with E-state index in [1.807, 2.05) is 13.8 Å². The summed E-state index contributed by atoms with van der Waals surface area (Å²) in [6, 6.07) is 10.9. The van der Waals surface area contributed by atoms with Crippen LogP contribution in [0.3, 0.4) is 0 Å². The number of benzene rings is 2. The first-order valence-corrected chi connectivity index (χ1v) is 9.92. The Balaban J connectivity index is 1.79. The van der Waals surface area contributed by atoms with Gasteiger partial charge in [-0.25, -0.2) is 4.79 Å². The van der Waals surface area contributed by atoms with Crippen LogP contribution in [-0.2, 0) is 20.9 Å². The van der Waals surface area contributed by atoms with Gasteiger partial charge < -0.3 is 20.1 Å². The molecule has 170 valence electrons. The zero-order valence-electron chi connectivity index (χ0n) is 18.0. The molecule has 0 spiro atoms. The number of ether oxygens (including phenoxy) is 2. The molecule has 2 rings (SSSR count). The Bertz CT molecular complexity index is 956. The smallest absolute Gasteiger partial charge is 0.429 e. The van der Waals surface area contributed by atoms with Crippen LogP contribution in [0.15, 0.2) is 48.5 Å². The van der Waals surface area contributed by atoms with E-state index in [0.717, 1.165) is 0 Å². The Morgan fingerprint density at radius 2 is 1.62 bits per heavy atom. The highest BCUT2D eigenvalue weighted by Crippen LogP contribution is 2.18. The molecule has 2 aromatic rings. The van der Waals surface area contributed by atoms with E-state index >= 15 is 0 Å². The van der Waals surface area contributed by atoms with Gasteiger partial charge in [-0.05, 0) is 42.7 Å². The van der Waals surface area contributed by atoms with Gasteiger partial charge in [0.1, 0.15) is 18.4 Å². The molecule has 2 N–H and O–H groups in total. The third-order valence-corrected chi connectivity index (χ3v) is 4.19. The highest BCUT2D eigenvalue weighted by Gasteiger charge is 2.16. The molecule has 32 heavy (non-hydrogen) atoms. The third-order valence-electron chi connectivity index (χ3n) is 4.19. The Labute approximate surface area is 185 Å². The van der Waals surface area contributed by atoms with Crippen molar-refractivity contribution in [2.24, 2.45) is 5.92 Å². The van der Waals surface area contributed by atoms with Gasteiger partial charge in [0.2, 0.25) is 11.8 Å². The van der Waals surface area contributed by atoms with Crippen molar-refractivity contribution >= 4 is 29.3 Å². The highest BCUT2D eigenvalue weighted by molar-refractivity contribution is 5.96. The third kappa shape index (κ3) is 8.05. The summed E-state index contributed by atoms with van der Waals surface area (Å²) < 4.78 is 9.97. The maximum atomic E-state index is 12.2. The summed E-state index contributed by atoms with van der Waals surface area (Å²) in [5, 5.41) is 16.0. The first kappa shape index (κ1) is 24.3. The van der Waals surface area contributed by atoms with E-state index in [1.165, 1.54) is 24.3 Å². The quantitative estimate of drug-likeness (QED) is 0.260. The minimum absolute atomic E-state index is 0.0678. The van der Waals surface area contributed by atoms with Crippen molar-refractivity contribution in [2.75, 3.05) is 5.32 Å². The van der Waals surface area contributed by atoms with E-state index in [1.54, 1.807) is 31.2 Å². The molecule has 2 aromatic carbocycles. The van der Waals surface area contributed by atoms with Gasteiger partial charge in [-0.3, -0.25) is 19.7 Å². The molecule has 10 heteroatoms. The standard InChI is InChI=1S/C22H25N3O7/c1-14(2)12-20(26)23-15(3)21(27)24-17-6-4-16(5-7-17)13-31-22(28)32-19-10-8-18(9-11-19)25(29)30/h4-11,14-15H,12-13H2,1-3H3,(H,23,26)(H,24,27). The summed E-state index contributed by atoms with van der Waals surface area (Å²) in [5.41, 5.74) is 1.06. The van der Waals surface area contributed by atoms with E-state index < -0.39 is 17.1 Å². The Hall–Kier alpha value is -3.95. The number of nitrogens with zero attached hydrogens (tertiary/aromatic N) is 1. The second-order valence-corrected chi connectivity index (χ2v) is 7.47. The second kappa shape index (κ2) is 11.4. The van der Waals surface area contributed by atoms with Crippen molar-refractivity contribution in [2.45, 2.75) is 39.8 Å². The molecule has 0 bridgehead atoms. The molecule has 0 fully saturated rings. The van der Waals surface area contributed by atoms with Crippen LogP contribution in [0, 0.1) is 16.0 Å². The van der Waals surface area contributed by atoms with Gasteiger partial charge >= 0.3 is 6.16 Å². The summed E-state index contributed by atoms with van der Waals surface area (Å²) in [6.45, 7) is 5.38. The lowest BCUT2D eigenvalue weighted by molar-refractivity contribution is -0.384. The maximum Gasteiger partial charge on any atom is 0.514 e. The number of non-ortho nitro benzene ring substituents is 1. The molecule has 0 heterocycles. The fourth-order valence-electron chi connectivity index (χ4n) is 2.58. The predicted molar refractivity (Wildman–Crippen MR) is 116 cm³/mol. The van der Waals surface area contributed by atoms with Crippen molar-refractivity contribution in [3.05, 3.63) is 64.2 Å². The van der Waals surface area contributed by atoms with Crippen molar-refractivity contribution in [1.82, 2.24) is 5.32 Å². The average molecular weight is 443 g/mol. The van der Waals surface area contributed by atoms with Gasteiger partial charge in [0.25, 0.3) is 5.69 Å². The number of carbonyl (C=O) groups excluding carboxylic acids is 3. The monoisotopic (exact) mass is 443 g/mol. The van der Waals surface area contributed by atoms with Crippen LogP contribution in [0.4, 0.5) is 16.2 Å². The molecular weight excluding hydrogens is 418 g/mol. The van der Waals surface area contributed by atoms with Gasteiger partial charge in [-0.15, -0.1) is 0 Å². The molecule has 0 radical (unpaired) electrons. The number of nitro benzene ring substituents is 1. The number of amides is 2. The highest BCUT2D eigenvalue weighted by atomic mass is 16.7. The minimum Gasteiger partial charge on any atom is -0.429 e. The molecular formula is C22H25N3O7. The number of hydrogen-bond acceptors (Lipinski definition) is 7. The first-order valence-electron chi connectivity index (χ1n) is 9.92. The van der Waals surface area contributed by atoms with E-state index in [0.29, 0.717) is 17.7 Å². The number of carbonyl (C=O) groups is 3. The number of nitrogens with one attached hydrogen (secondary N) is 2. The first-order chi connectivity index (χ1) is 15.1. The molecule has 0 aromatic heterocycles. The molecule has 0 aliphatic heterocycles. The number of nitro groups is 1. The normalized spacial score (nSPS) is 11.4. The fraction of sp³-hybridized carbons (Fsp3) is 0.318. The lowest BCUT2D eigenvalue weighted by atomic mass is 10.1. The van der Waals surface area contributed by atoms with Gasteiger partial charge in [0.15, 0.2) is 0 Å². The van der Waals surface area contributed by atoms with Crippen LogP contribution in [0.2, 0.25) is 0 Å². The van der Waals surface area contributed by atoms with Crippen LogP contribution in [0.1, 0.15) is 32.8 Å². The molecule has 10 nitrogen and oxygen atoms in total. The van der Waals surface area contributed by atoms with Gasteiger partial charge in [-0.2, -0.15) is 0 Å². The average Bonchev–Trinajstić information content (AvgIpc) is 2.73. The summed E-state index contributed by atoms with van der Waals surface area (Å²) in [5.74, 6) is -0.215. The maximum absolute atomic E-state index is 12.2. The van der Waals surface area contributed by atoms with E-state index in [4.69, 9.17) is 9.47 Å².